The molecule has 0 bridgehead atoms. The number of carbonyl (C=O) groups is 3. The Morgan fingerprint density at radius 1 is 0.870 bits per heavy atom. The quantitative estimate of drug-likeness (QED) is 0.762. The van der Waals surface area contributed by atoms with Gasteiger partial charge in [0.05, 0.1) is 17.7 Å². The highest BCUT2D eigenvalue weighted by Crippen LogP contribution is 2.19. The summed E-state index contributed by atoms with van der Waals surface area (Å²) in [5.41, 5.74) is -0.0989. The Morgan fingerprint density at radius 3 is 2.13 bits per heavy atom. The van der Waals surface area contributed by atoms with Crippen LogP contribution >= 0.6 is 0 Å². The Balaban J connectivity index is 2.01. The lowest BCUT2D eigenvalue weighted by Gasteiger charge is -2.08. The van der Waals surface area contributed by atoms with Crippen LogP contribution in [0.25, 0.3) is 0 Å². The van der Waals surface area contributed by atoms with Gasteiger partial charge in [-0.05, 0) is 18.2 Å². The first-order valence-corrected chi connectivity index (χ1v) is 6.80. The van der Waals surface area contributed by atoms with Crippen LogP contribution in [0.15, 0.2) is 48.5 Å². The minimum Gasteiger partial charge on any atom is -0.493 e. The van der Waals surface area contributed by atoms with Gasteiger partial charge < -0.3 is 14.9 Å². The molecular formula is C17H14O6. The second-order valence-corrected chi connectivity index (χ2v) is 4.71. The van der Waals surface area contributed by atoms with Crippen LogP contribution in [0.3, 0.4) is 0 Å². The van der Waals surface area contributed by atoms with E-state index in [4.69, 9.17) is 14.9 Å². The number of ketones is 1. The van der Waals surface area contributed by atoms with Crippen molar-refractivity contribution in [3.63, 3.8) is 0 Å². The van der Waals surface area contributed by atoms with Gasteiger partial charge in [-0.2, -0.15) is 0 Å². The summed E-state index contributed by atoms with van der Waals surface area (Å²) in [6.07, 6.45) is 0.132. The van der Waals surface area contributed by atoms with Crippen molar-refractivity contribution < 1.29 is 29.3 Å². The molecule has 6 heteroatoms. The average Bonchev–Trinajstić information content (AvgIpc) is 2.55. The van der Waals surface area contributed by atoms with Crippen LogP contribution in [0, 0.1) is 0 Å². The summed E-state index contributed by atoms with van der Waals surface area (Å²) >= 11 is 0. The van der Waals surface area contributed by atoms with Crippen molar-refractivity contribution in [3.8, 4) is 5.75 Å². The zero-order valence-corrected chi connectivity index (χ0v) is 12.1. The highest BCUT2D eigenvalue weighted by molar-refractivity contribution is 6.02. The summed E-state index contributed by atoms with van der Waals surface area (Å²) in [5.74, 6) is -2.57. The average molecular weight is 314 g/mol. The zero-order chi connectivity index (χ0) is 16.8. The zero-order valence-electron chi connectivity index (χ0n) is 12.1. The summed E-state index contributed by atoms with van der Waals surface area (Å²) in [6.45, 7) is 0.0687. The molecule has 0 radical (unpaired) electrons. The maximum absolute atomic E-state index is 11.9. The van der Waals surface area contributed by atoms with Gasteiger partial charge in [-0.25, -0.2) is 9.59 Å². The molecular weight excluding hydrogens is 300 g/mol. The predicted octanol–water partition coefficient (Wildman–Crippen LogP) is 2.73. The normalized spacial score (nSPS) is 10.1. The molecule has 23 heavy (non-hydrogen) atoms. The van der Waals surface area contributed by atoms with Gasteiger partial charge in [0.1, 0.15) is 5.75 Å². The van der Waals surface area contributed by atoms with Crippen LogP contribution in [0.1, 0.15) is 37.5 Å². The lowest BCUT2D eigenvalue weighted by Crippen LogP contribution is -2.10. The van der Waals surface area contributed by atoms with Gasteiger partial charge in [0, 0.05) is 12.0 Å². The van der Waals surface area contributed by atoms with E-state index >= 15 is 0 Å². The molecule has 2 aromatic carbocycles. The minimum atomic E-state index is -1.35. The Labute approximate surface area is 131 Å². The number of rotatable bonds is 7. The Morgan fingerprint density at radius 2 is 1.52 bits per heavy atom. The second-order valence-electron chi connectivity index (χ2n) is 4.71. The summed E-state index contributed by atoms with van der Waals surface area (Å²) in [5, 5.41) is 18.0. The molecule has 0 aromatic heterocycles. The molecule has 2 aromatic rings. The number of hydrogen-bond donors (Lipinski definition) is 2. The van der Waals surface area contributed by atoms with Gasteiger partial charge in [-0.3, -0.25) is 4.79 Å². The lowest BCUT2D eigenvalue weighted by molar-refractivity contribution is 0.0651. The van der Waals surface area contributed by atoms with E-state index in [2.05, 4.69) is 0 Å². The summed E-state index contributed by atoms with van der Waals surface area (Å²) in [7, 11) is 0. The number of carboxylic acids is 2. The minimum absolute atomic E-state index is 0.0687. The number of carboxylic acid groups (broad SMARTS) is 2. The molecule has 2 rings (SSSR count). The fourth-order valence-corrected chi connectivity index (χ4v) is 2.01. The number of ether oxygens (including phenoxy) is 1. The van der Waals surface area contributed by atoms with Crippen molar-refractivity contribution in [1.82, 2.24) is 0 Å². The van der Waals surface area contributed by atoms with Crippen molar-refractivity contribution >= 4 is 17.7 Å². The van der Waals surface area contributed by atoms with Gasteiger partial charge in [0.2, 0.25) is 0 Å². The Kier molecular flexibility index (Phi) is 5.09. The molecule has 0 amide bonds. The van der Waals surface area contributed by atoms with Crippen LogP contribution < -0.4 is 4.74 Å². The number of aromatic carboxylic acids is 2. The summed E-state index contributed by atoms with van der Waals surface area (Å²) < 4.78 is 5.35. The van der Waals surface area contributed by atoms with Crippen LogP contribution in [0.2, 0.25) is 0 Å². The smallest absolute Gasteiger partial charge is 0.336 e. The molecule has 0 spiro atoms. The van der Waals surface area contributed by atoms with E-state index in [0.29, 0.717) is 5.56 Å². The topological polar surface area (TPSA) is 101 Å². The van der Waals surface area contributed by atoms with E-state index in [1.165, 1.54) is 12.1 Å². The molecule has 118 valence electrons. The summed E-state index contributed by atoms with van der Waals surface area (Å²) in [4.78, 5) is 33.9. The largest absolute Gasteiger partial charge is 0.493 e. The molecule has 0 atom stereocenters. The van der Waals surface area contributed by atoms with Crippen molar-refractivity contribution in [2.24, 2.45) is 0 Å². The van der Waals surface area contributed by atoms with Gasteiger partial charge >= 0.3 is 11.9 Å². The van der Waals surface area contributed by atoms with E-state index in [1.807, 2.05) is 6.07 Å². The van der Waals surface area contributed by atoms with Crippen LogP contribution in [-0.2, 0) is 0 Å². The molecule has 0 unspecified atom stereocenters. The predicted molar refractivity (Wildman–Crippen MR) is 81.2 cm³/mol. The molecule has 0 aliphatic carbocycles. The maximum Gasteiger partial charge on any atom is 0.336 e. The van der Waals surface area contributed by atoms with E-state index in [9.17, 15) is 14.4 Å². The summed E-state index contributed by atoms with van der Waals surface area (Å²) in [6, 6.07) is 12.4. The fraction of sp³-hybridized carbons (Fsp3) is 0.118. The van der Waals surface area contributed by atoms with Crippen molar-refractivity contribution in [3.05, 3.63) is 65.2 Å². The standard InChI is InChI=1S/C17H14O6/c18-15(11-4-2-1-3-5-11)8-9-23-12-6-7-13(16(19)20)14(10-12)17(21)22/h1-7,10H,8-9H2,(H,19,20)(H,21,22). The van der Waals surface area contributed by atoms with Gasteiger partial charge in [-0.15, -0.1) is 0 Å². The monoisotopic (exact) mass is 314 g/mol. The Hall–Kier alpha value is -3.15. The molecule has 0 aliphatic rings. The molecule has 0 saturated carbocycles. The highest BCUT2D eigenvalue weighted by Gasteiger charge is 2.17. The van der Waals surface area contributed by atoms with Crippen molar-refractivity contribution in [2.45, 2.75) is 6.42 Å². The maximum atomic E-state index is 11.9. The fourth-order valence-electron chi connectivity index (χ4n) is 2.01. The molecule has 0 heterocycles. The molecule has 6 nitrogen and oxygen atoms in total. The van der Waals surface area contributed by atoms with Gasteiger partial charge in [-0.1, -0.05) is 30.3 Å². The first-order valence-electron chi connectivity index (χ1n) is 6.80. The van der Waals surface area contributed by atoms with Crippen LogP contribution in [0.4, 0.5) is 0 Å². The molecule has 2 N–H and O–H groups in total. The van der Waals surface area contributed by atoms with Gasteiger partial charge in [0.25, 0.3) is 0 Å². The molecule has 0 saturated heterocycles. The van der Waals surface area contributed by atoms with Crippen LogP contribution in [0.5, 0.6) is 5.75 Å². The third-order valence-electron chi connectivity index (χ3n) is 3.15. The molecule has 0 aliphatic heterocycles. The number of benzene rings is 2. The van der Waals surface area contributed by atoms with E-state index in [0.717, 1.165) is 6.07 Å². The number of hydrogen-bond acceptors (Lipinski definition) is 4. The van der Waals surface area contributed by atoms with Crippen molar-refractivity contribution in [2.75, 3.05) is 6.61 Å². The SMILES string of the molecule is O=C(CCOc1ccc(C(=O)O)c(C(=O)O)c1)c1ccccc1. The van der Waals surface area contributed by atoms with E-state index in [-0.39, 0.29) is 35.7 Å². The number of Topliss-reactive ketones (excluding diaryl/α,β-unsaturated/α-hetero) is 1. The van der Waals surface area contributed by atoms with Crippen molar-refractivity contribution in [1.29, 1.82) is 0 Å². The van der Waals surface area contributed by atoms with Crippen LogP contribution in [-0.4, -0.2) is 34.5 Å². The number of carbonyl (C=O) groups excluding carboxylic acids is 1. The third-order valence-corrected chi connectivity index (χ3v) is 3.15. The second kappa shape index (κ2) is 7.22. The Bertz CT molecular complexity index is 736. The first-order chi connectivity index (χ1) is 11.0. The van der Waals surface area contributed by atoms with E-state index in [1.54, 1.807) is 24.3 Å². The highest BCUT2D eigenvalue weighted by atomic mass is 16.5. The first kappa shape index (κ1) is 16.2. The third kappa shape index (κ3) is 4.16. The van der Waals surface area contributed by atoms with Gasteiger partial charge in [0.15, 0.2) is 5.78 Å². The van der Waals surface area contributed by atoms with E-state index < -0.39 is 11.9 Å². The molecule has 0 fully saturated rings. The lowest BCUT2D eigenvalue weighted by atomic mass is 10.1.